The SMILES string of the molecule is CC.Cc1cc(C#CC(C)(C)O)nc(N2CCC(F)(F)CC2)c1. The van der Waals surface area contributed by atoms with Crippen LogP contribution in [0.2, 0.25) is 0 Å². The van der Waals surface area contributed by atoms with Gasteiger partial charge in [-0.15, -0.1) is 0 Å². The van der Waals surface area contributed by atoms with Crippen molar-refractivity contribution < 1.29 is 13.9 Å². The maximum atomic E-state index is 13.2. The van der Waals surface area contributed by atoms with E-state index in [0.29, 0.717) is 24.6 Å². The summed E-state index contributed by atoms with van der Waals surface area (Å²) in [5.74, 6) is 3.65. The zero-order valence-corrected chi connectivity index (χ0v) is 14.6. The summed E-state index contributed by atoms with van der Waals surface area (Å²) in [5.41, 5.74) is 0.431. The van der Waals surface area contributed by atoms with Gasteiger partial charge in [-0.05, 0) is 44.4 Å². The number of alkyl halides is 2. The van der Waals surface area contributed by atoms with Gasteiger partial charge in [-0.25, -0.2) is 13.8 Å². The average Bonchev–Trinajstić information content (AvgIpc) is 2.46. The number of anilines is 1. The second-order valence-electron chi connectivity index (χ2n) is 6.04. The third-order valence-corrected chi connectivity index (χ3v) is 3.27. The standard InChI is InChI=1S/C16H20F2N2O.C2H6/c1-12-10-13(4-5-15(2,3)21)19-14(11-12)20-8-6-16(17,18)7-9-20;1-2/h10-11,21H,6-9H2,1-3H3;1-2H3. The van der Waals surface area contributed by atoms with Crippen LogP contribution in [-0.4, -0.2) is 34.7 Å². The fourth-order valence-corrected chi connectivity index (χ4v) is 2.15. The van der Waals surface area contributed by atoms with E-state index < -0.39 is 11.5 Å². The summed E-state index contributed by atoms with van der Waals surface area (Å²) in [4.78, 5) is 6.27. The number of aliphatic hydroxyl groups is 1. The molecule has 5 heteroatoms. The van der Waals surface area contributed by atoms with E-state index in [1.54, 1.807) is 13.8 Å². The van der Waals surface area contributed by atoms with E-state index in [1.807, 2.05) is 37.8 Å². The van der Waals surface area contributed by atoms with Crippen molar-refractivity contribution in [2.24, 2.45) is 0 Å². The van der Waals surface area contributed by atoms with Crippen molar-refractivity contribution in [3.8, 4) is 11.8 Å². The topological polar surface area (TPSA) is 36.4 Å². The van der Waals surface area contributed by atoms with Crippen LogP contribution in [0, 0.1) is 18.8 Å². The summed E-state index contributed by atoms with van der Waals surface area (Å²) in [5, 5.41) is 9.63. The van der Waals surface area contributed by atoms with Crippen LogP contribution < -0.4 is 4.90 Å². The van der Waals surface area contributed by atoms with E-state index in [4.69, 9.17) is 0 Å². The zero-order chi connectivity index (χ0) is 17.7. The molecule has 0 spiro atoms. The van der Waals surface area contributed by atoms with Gasteiger partial charge in [-0.1, -0.05) is 19.8 Å². The van der Waals surface area contributed by atoms with E-state index in [2.05, 4.69) is 16.8 Å². The van der Waals surface area contributed by atoms with Crippen LogP contribution in [0.3, 0.4) is 0 Å². The second-order valence-corrected chi connectivity index (χ2v) is 6.04. The number of aryl methyl sites for hydroxylation is 1. The Bertz CT molecular complexity index is 573. The summed E-state index contributed by atoms with van der Waals surface area (Å²) in [7, 11) is 0. The molecule has 23 heavy (non-hydrogen) atoms. The molecule has 3 nitrogen and oxygen atoms in total. The Balaban J connectivity index is 0.00000127. The lowest BCUT2D eigenvalue weighted by Crippen LogP contribution is -2.39. The van der Waals surface area contributed by atoms with Crippen molar-refractivity contribution in [3.05, 3.63) is 23.4 Å². The van der Waals surface area contributed by atoms with Crippen molar-refractivity contribution in [1.82, 2.24) is 4.98 Å². The summed E-state index contributed by atoms with van der Waals surface area (Å²) >= 11 is 0. The molecule has 1 N–H and O–H groups in total. The fourth-order valence-electron chi connectivity index (χ4n) is 2.15. The molecule has 128 valence electrons. The normalized spacial score (nSPS) is 16.8. The first-order chi connectivity index (χ1) is 10.6. The quantitative estimate of drug-likeness (QED) is 0.799. The fraction of sp³-hybridized carbons (Fsp3) is 0.611. The van der Waals surface area contributed by atoms with Crippen molar-refractivity contribution in [2.45, 2.75) is 59.0 Å². The Hall–Kier alpha value is -1.67. The van der Waals surface area contributed by atoms with Crippen LogP contribution in [-0.2, 0) is 0 Å². The number of pyridine rings is 1. The van der Waals surface area contributed by atoms with E-state index in [-0.39, 0.29) is 12.8 Å². The van der Waals surface area contributed by atoms with Crippen LogP contribution in [0.25, 0.3) is 0 Å². The van der Waals surface area contributed by atoms with Crippen molar-refractivity contribution in [1.29, 1.82) is 0 Å². The highest BCUT2D eigenvalue weighted by molar-refractivity contribution is 5.46. The van der Waals surface area contributed by atoms with E-state index in [0.717, 1.165) is 5.56 Å². The summed E-state index contributed by atoms with van der Waals surface area (Å²) in [6, 6.07) is 3.69. The highest BCUT2D eigenvalue weighted by atomic mass is 19.3. The van der Waals surface area contributed by atoms with Gasteiger partial charge in [0.1, 0.15) is 17.1 Å². The first kappa shape index (κ1) is 19.4. The van der Waals surface area contributed by atoms with Gasteiger partial charge in [0.2, 0.25) is 0 Å². The lowest BCUT2D eigenvalue weighted by atomic mass is 10.1. The lowest BCUT2D eigenvalue weighted by Gasteiger charge is -2.32. The van der Waals surface area contributed by atoms with Crippen molar-refractivity contribution in [3.63, 3.8) is 0 Å². The third-order valence-electron chi connectivity index (χ3n) is 3.27. The van der Waals surface area contributed by atoms with E-state index in [1.165, 1.54) is 0 Å². The number of hydrogen-bond acceptors (Lipinski definition) is 3. The Kier molecular flexibility index (Phi) is 6.52. The van der Waals surface area contributed by atoms with E-state index in [9.17, 15) is 13.9 Å². The van der Waals surface area contributed by atoms with Crippen LogP contribution >= 0.6 is 0 Å². The molecule has 1 aromatic heterocycles. The number of rotatable bonds is 1. The van der Waals surface area contributed by atoms with Crippen LogP contribution in [0.15, 0.2) is 12.1 Å². The molecule has 0 aromatic carbocycles. The Morgan fingerprint density at radius 2 is 1.78 bits per heavy atom. The predicted molar refractivity (Wildman–Crippen MR) is 89.9 cm³/mol. The van der Waals surface area contributed by atoms with Gasteiger partial charge < -0.3 is 10.0 Å². The van der Waals surface area contributed by atoms with Crippen LogP contribution in [0.4, 0.5) is 14.6 Å². The molecule has 1 aliphatic heterocycles. The maximum absolute atomic E-state index is 13.2. The summed E-state index contributed by atoms with van der Waals surface area (Å²) < 4.78 is 26.4. The molecule has 0 unspecified atom stereocenters. The highest BCUT2D eigenvalue weighted by Crippen LogP contribution is 2.30. The molecule has 2 rings (SSSR count). The van der Waals surface area contributed by atoms with Gasteiger partial charge in [-0.3, -0.25) is 0 Å². The van der Waals surface area contributed by atoms with Crippen LogP contribution in [0.1, 0.15) is 51.8 Å². The Labute approximate surface area is 137 Å². The van der Waals surface area contributed by atoms with Crippen molar-refractivity contribution >= 4 is 5.82 Å². The van der Waals surface area contributed by atoms with Gasteiger partial charge in [0.15, 0.2) is 0 Å². The van der Waals surface area contributed by atoms with Gasteiger partial charge in [0.25, 0.3) is 5.92 Å². The minimum Gasteiger partial charge on any atom is -0.378 e. The smallest absolute Gasteiger partial charge is 0.251 e. The molecular formula is C18H26F2N2O. The molecule has 0 bridgehead atoms. The lowest BCUT2D eigenvalue weighted by molar-refractivity contribution is -0.0221. The largest absolute Gasteiger partial charge is 0.378 e. The Morgan fingerprint density at radius 3 is 2.30 bits per heavy atom. The predicted octanol–water partition coefficient (Wildman–Crippen LogP) is 3.77. The molecule has 2 heterocycles. The summed E-state index contributed by atoms with van der Waals surface area (Å²) in [6.45, 7) is 9.70. The average molecular weight is 324 g/mol. The molecular weight excluding hydrogens is 298 g/mol. The minimum atomic E-state index is -2.57. The maximum Gasteiger partial charge on any atom is 0.251 e. The molecule has 0 atom stereocenters. The minimum absolute atomic E-state index is 0.146. The third kappa shape index (κ3) is 6.54. The Morgan fingerprint density at radius 1 is 1.22 bits per heavy atom. The number of nitrogens with zero attached hydrogens (tertiary/aromatic N) is 2. The molecule has 0 aliphatic carbocycles. The van der Waals surface area contributed by atoms with Gasteiger partial charge in [0, 0.05) is 25.9 Å². The first-order valence-corrected chi connectivity index (χ1v) is 8.02. The summed E-state index contributed by atoms with van der Waals surface area (Å²) in [6.07, 6.45) is -0.291. The molecule has 1 aliphatic rings. The zero-order valence-electron chi connectivity index (χ0n) is 14.6. The van der Waals surface area contributed by atoms with Crippen molar-refractivity contribution in [2.75, 3.05) is 18.0 Å². The molecule has 1 saturated heterocycles. The monoisotopic (exact) mass is 324 g/mol. The number of piperidine rings is 1. The molecule has 1 aromatic rings. The van der Waals surface area contributed by atoms with Gasteiger partial charge in [-0.2, -0.15) is 0 Å². The highest BCUT2D eigenvalue weighted by Gasteiger charge is 2.34. The molecule has 0 saturated carbocycles. The van der Waals surface area contributed by atoms with E-state index >= 15 is 0 Å². The number of aromatic nitrogens is 1. The molecule has 1 fully saturated rings. The van der Waals surface area contributed by atoms with Gasteiger partial charge in [0.05, 0.1) is 0 Å². The first-order valence-electron chi connectivity index (χ1n) is 8.02. The molecule has 0 amide bonds. The molecule has 0 radical (unpaired) electrons. The van der Waals surface area contributed by atoms with Gasteiger partial charge >= 0.3 is 0 Å². The number of hydrogen-bond donors (Lipinski definition) is 1. The number of halogens is 2. The second kappa shape index (κ2) is 7.74. The van der Waals surface area contributed by atoms with Crippen LogP contribution in [0.5, 0.6) is 0 Å².